The molecule has 0 unspecified atom stereocenters. The number of methoxy groups -OCH3 is 1. The van der Waals surface area contributed by atoms with E-state index in [-0.39, 0.29) is 6.10 Å². The highest BCUT2D eigenvalue weighted by Gasteiger charge is 2.11. The third-order valence-electron chi connectivity index (χ3n) is 4.24. The summed E-state index contributed by atoms with van der Waals surface area (Å²) in [5.74, 6) is 1.48. The number of hydrogen-bond donors (Lipinski definition) is 1. The zero-order valence-electron chi connectivity index (χ0n) is 16.7. The topological polar surface area (TPSA) is 39.7 Å². The van der Waals surface area contributed by atoms with Crippen LogP contribution in [0.25, 0.3) is 0 Å². The summed E-state index contributed by atoms with van der Waals surface area (Å²) >= 11 is 3.65. The van der Waals surface area contributed by atoms with E-state index < -0.39 is 0 Å². The van der Waals surface area contributed by atoms with Crippen LogP contribution in [0.2, 0.25) is 0 Å². The quantitative estimate of drug-likeness (QED) is 0.489. The fraction of sp³-hybridized carbons (Fsp3) is 0.455. The molecular weight excluding hydrogens is 406 g/mol. The smallest absolute Gasteiger partial charge is 0.162 e. The van der Waals surface area contributed by atoms with Crippen molar-refractivity contribution in [3.05, 3.63) is 57.6 Å². The first-order chi connectivity index (χ1) is 13.0. The van der Waals surface area contributed by atoms with Crippen LogP contribution in [-0.2, 0) is 17.9 Å². The van der Waals surface area contributed by atoms with Gasteiger partial charge in [0.15, 0.2) is 11.5 Å². The molecular formula is C22H30BrNO3. The second kappa shape index (κ2) is 11.3. The minimum absolute atomic E-state index is 0.288. The third-order valence-corrected chi connectivity index (χ3v) is 4.98. The SMILES string of the molecule is COc1cc(CNCCCOC(C)C)c(Br)cc1OCc1ccccc1C. The highest BCUT2D eigenvalue weighted by molar-refractivity contribution is 9.10. The van der Waals surface area contributed by atoms with Gasteiger partial charge in [0.1, 0.15) is 6.61 Å². The maximum Gasteiger partial charge on any atom is 0.162 e. The molecule has 0 heterocycles. The van der Waals surface area contributed by atoms with Gasteiger partial charge in [0, 0.05) is 17.6 Å². The van der Waals surface area contributed by atoms with E-state index in [1.165, 1.54) is 11.1 Å². The van der Waals surface area contributed by atoms with Gasteiger partial charge in [-0.2, -0.15) is 0 Å². The summed E-state index contributed by atoms with van der Waals surface area (Å²) in [6, 6.07) is 12.2. The summed E-state index contributed by atoms with van der Waals surface area (Å²) < 4.78 is 18.1. The number of halogens is 1. The molecule has 0 aliphatic carbocycles. The van der Waals surface area contributed by atoms with E-state index >= 15 is 0 Å². The van der Waals surface area contributed by atoms with Crippen LogP contribution >= 0.6 is 15.9 Å². The van der Waals surface area contributed by atoms with Crippen molar-refractivity contribution >= 4 is 15.9 Å². The summed E-state index contributed by atoms with van der Waals surface area (Å²) in [6.45, 7) is 9.17. The Bertz CT molecular complexity index is 719. The number of nitrogens with one attached hydrogen (secondary N) is 1. The molecule has 0 saturated heterocycles. The Hall–Kier alpha value is -1.56. The average molecular weight is 436 g/mol. The fourth-order valence-electron chi connectivity index (χ4n) is 2.65. The fourth-order valence-corrected chi connectivity index (χ4v) is 3.11. The van der Waals surface area contributed by atoms with Gasteiger partial charge in [-0.3, -0.25) is 0 Å². The highest BCUT2D eigenvalue weighted by Crippen LogP contribution is 2.34. The Morgan fingerprint density at radius 1 is 1.07 bits per heavy atom. The van der Waals surface area contributed by atoms with Crippen molar-refractivity contribution in [3.8, 4) is 11.5 Å². The van der Waals surface area contributed by atoms with E-state index in [0.717, 1.165) is 47.7 Å². The third kappa shape index (κ3) is 7.17. The summed E-state index contributed by atoms with van der Waals surface area (Å²) in [5.41, 5.74) is 3.53. The van der Waals surface area contributed by atoms with Gasteiger partial charge < -0.3 is 19.5 Å². The lowest BCUT2D eigenvalue weighted by molar-refractivity contribution is 0.0770. The van der Waals surface area contributed by atoms with Crippen molar-refractivity contribution in [1.82, 2.24) is 5.32 Å². The van der Waals surface area contributed by atoms with Crippen molar-refractivity contribution in [1.29, 1.82) is 0 Å². The minimum atomic E-state index is 0.288. The van der Waals surface area contributed by atoms with E-state index in [1.807, 2.05) is 24.3 Å². The number of hydrogen-bond acceptors (Lipinski definition) is 4. The van der Waals surface area contributed by atoms with Crippen molar-refractivity contribution in [2.45, 2.75) is 46.4 Å². The van der Waals surface area contributed by atoms with Gasteiger partial charge in [0.05, 0.1) is 13.2 Å². The molecule has 27 heavy (non-hydrogen) atoms. The van der Waals surface area contributed by atoms with Gasteiger partial charge in [-0.05, 0) is 62.6 Å². The van der Waals surface area contributed by atoms with Gasteiger partial charge >= 0.3 is 0 Å². The standard InChI is InChI=1S/C22H30BrNO3/c1-16(2)26-11-7-10-24-14-19-12-21(25-4)22(13-20(19)23)27-15-18-9-6-5-8-17(18)3/h5-6,8-9,12-13,16,24H,7,10-11,14-15H2,1-4H3. The van der Waals surface area contributed by atoms with Crippen molar-refractivity contribution < 1.29 is 14.2 Å². The Balaban J connectivity index is 1.92. The molecule has 0 spiro atoms. The first-order valence-corrected chi connectivity index (χ1v) is 10.2. The van der Waals surface area contributed by atoms with E-state index in [0.29, 0.717) is 6.61 Å². The second-order valence-electron chi connectivity index (χ2n) is 6.76. The molecule has 2 rings (SSSR count). The Morgan fingerprint density at radius 3 is 2.56 bits per heavy atom. The van der Waals surface area contributed by atoms with Crippen LogP contribution in [0.3, 0.4) is 0 Å². The number of rotatable bonds is 11. The lowest BCUT2D eigenvalue weighted by Crippen LogP contribution is -2.17. The molecule has 4 nitrogen and oxygen atoms in total. The zero-order valence-corrected chi connectivity index (χ0v) is 18.3. The normalized spacial score (nSPS) is 11.0. The van der Waals surface area contributed by atoms with Gasteiger partial charge in [0.25, 0.3) is 0 Å². The molecule has 1 N–H and O–H groups in total. The molecule has 2 aromatic rings. The molecule has 148 valence electrons. The molecule has 5 heteroatoms. The van der Waals surface area contributed by atoms with Crippen LogP contribution in [0.1, 0.15) is 37.0 Å². The van der Waals surface area contributed by atoms with E-state index in [1.54, 1.807) is 7.11 Å². The van der Waals surface area contributed by atoms with Gasteiger partial charge in [-0.1, -0.05) is 40.2 Å². The molecule has 0 aromatic heterocycles. The molecule has 0 bridgehead atoms. The van der Waals surface area contributed by atoms with E-state index in [9.17, 15) is 0 Å². The summed E-state index contributed by atoms with van der Waals surface area (Å²) in [5, 5.41) is 3.45. The monoisotopic (exact) mass is 435 g/mol. The first kappa shape index (κ1) is 21.7. The molecule has 0 aliphatic heterocycles. The van der Waals surface area contributed by atoms with Crippen molar-refractivity contribution in [2.24, 2.45) is 0 Å². The second-order valence-corrected chi connectivity index (χ2v) is 7.61. The average Bonchev–Trinajstić information content (AvgIpc) is 2.64. The predicted molar refractivity (Wildman–Crippen MR) is 114 cm³/mol. The Morgan fingerprint density at radius 2 is 1.85 bits per heavy atom. The van der Waals surface area contributed by atoms with Crippen LogP contribution in [0.5, 0.6) is 11.5 Å². The van der Waals surface area contributed by atoms with Crippen LogP contribution in [0.15, 0.2) is 40.9 Å². The maximum atomic E-state index is 6.02. The van der Waals surface area contributed by atoms with Gasteiger partial charge in [-0.15, -0.1) is 0 Å². The molecule has 0 fully saturated rings. The van der Waals surface area contributed by atoms with Crippen LogP contribution in [-0.4, -0.2) is 26.4 Å². The van der Waals surface area contributed by atoms with Gasteiger partial charge in [-0.25, -0.2) is 0 Å². The number of benzene rings is 2. The Kier molecular flexibility index (Phi) is 9.11. The largest absolute Gasteiger partial charge is 0.493 e. The van der Waals surface area contributed by atoms with E-state index in [2.05, 4.69) is 54.2 Å². The van der Waals surface area contributed by atoms with Crippen molar-refractivity contribution in [3.63, 3.8) is 0 Å². The number of aryl methyl sites for hydroxylation is 1. The maximum absolute atomic E-state index is 6.02. The summed E-state index contributed by atoms with van der Waals surface area (Å²) in [7, 11) is 1.67. The zero-order chi connectivity index (χ0) is 19.6. The van der Waals surface area contributed by atoms with Crippen LogP contribution in [0, 0.1) is 6.92 Å². The molecule has 0 saturated carbocycles. The molecule has 0 atom stereocenters. The van der Waals surface area contributed by atoms with Crippen LogP contribution in [0.4, 0.5) is 0 Å². The molecule has 2 aromatic carbocycles. The summed E-state index contributed by atoms with van der Waals surface area (Å²) in [4.78, 5) is 0. The number of ether oxygens (including phenoxy) is 3. The summed E-state index contributed by atoms with van der Waals surface area (Å²) in [6.07, 6.45) is 1.28. The Labute approximate surface area is 171 Å². The lowest BCUT2D eigenvalue weighted by atomic mass is 10.1. The van der Waals surface area contributed by atoms with Crippen LogP contribution < -0.4 is 14.8 Å². The lowest BCUT2D eigenvalue weighted by Gasteiger charge is -2.15. The minimum Gasteiger partial charge on any atom is -0.493 e. The first-order valence-electron chi connectivity index (χ1n) is 9.37. The molecule has 0 aliphatic rings. The predicted octanol–water partition coefficient (Wildman–Crippen LogP) is 5.25. The molecule has 0 amide bonds. The van der Waals surface area contributed by atoms with E-state index in [4.69, 9.17) is 14.2 Å². The molecule has 0 radical (unpaired) electrons. The van der Waals surface area contributed by atoms with Crippen molar-refractivity contribution in [2.75, 3.05) is 20.3 Å². The highest BCUT2D eigenvalue weighted by atomic mass is 79.9. The van der Waals surface area contributed by atoms with Gasteiger partial charge in [0.2, 0.25) is 0 Å².